The van der Waals surface area contributed by atoms with Crippen LogP contribution in [0.5, 0.6) is 5.75 Å². The summed E-state index contributed by atoms with van der Waals surface area (Å²) in [4.78, 5) is 0. The van der Waals surface area contributed by atoms with Gasteiger partial charge in [-0.1, -0.05) is 50.5 Å². The number of hydrogen-bond donors (Lipinski definition) is 0. The number of benzene rings is 2. The Labute approximate surface area is 139 Å². The lowest BCUT2D eigenvalue weighted by molar-refractivity contribution is 0.206. The minimum Gasteiger partial charge on any atom is -0.491 e. The van der Waals surface area contributed by atoms with E-state index in [9.17, 15) is 0 Å². The third-order valence-corrected chi connectivity index (χ3v) is 4.00. The van der Waals surface area contributed by atoms with Gasteiger partial charge in [0.15, 0.2) is 0 Å². The molecule has 0 amide bonds. The molecule has 2 rings (SSSR count). The molecule has 0 saturated heterocycles. The molecule has 23 heavy (non-hydrogen) atoms. The molecule has 0 aliphatic rings. The molecule has 1 atom stereocenters. The van der Waals surface area contributed by atoms with Crippen LogP contribution in [0, 0.1) is 11.3 Å². The third-order valence-electron chi connectivity index (χ3n) is 4.00. The number of unbranched alkanes of at least 4 members (excludes halogenated alkanes) is 3. The Hall–Kier alpha value is -2.27. The summed E-state index contributed by atoms with van der Waals surface area (Å²) in [7, 11) is 0. The predicted molar refractivity (Wildman–Crippen MR) is 95.4 cm³/mol. The van der Waals surface area contributed by atoms with E-state index in [1.165, 1.54) is 25.7 Å². The average Bonchev–Trinajstić information content (AvgIpc) is 2.59. The summed E-state index contributed by atoms with van der Waals surface area (Å²) in [6, 6.07) is 18.0. The van der Waals surface area contributed by atoms with Gasteiger partial charge in [-0.15, -0.1) is 0 Å². The Kier molecular flexibility index (Phi) is 6.69. The maximum atomic E-state index is 8.84. The molecule has 0 aliphatic heterocycles. The summed E-state index contributed by atoms with van der Waals surface area (Å²) in [6.07, 6.45) is 6.47. The van der Waals surface area contributed by atoms with E-state index in [4.69, 9.17) is 10.00 Å². The van der Waals surface area contributed by atoms with Gasteiger partial charge in [0.2, 0.25) is 0 Å². The van der Waals surface area contributed by atoms with Crippen LogP contribution >= 0.6 is 0 Å². The first-order chi connectivity index (χ1) is 11.2. The fourth-order valence-electron chi connectivity index (χ4n) is 2.61. The smallest absolute Gasteiger partial charge is 0.119 e. The molecule has 0 radical (unpaired) electrons. The highest BCUT2D eigenvalue weighted by molar-refractivity contribution is 5.64. The van der Waals surface area contributed by atoms with Crippen molar-refractivity contribution in [1.29, 1.82) is 5.26 Å². The van der Waals surface area contributed by atoms with E-state index in [1.807, 2.05) is 36.4 Å². The first-order valence-corrected chi connectivity index (χ1v) is 8.50. The Morgan fingerprint density at radius 3 is 2.09 bits per heavy atom. The van der Waals surface area contributed by atoms with Crippen molar-refractivity contribution in [3.8, 4) is 22.9 Å². The highest BCUT2D eigenvalue weighted by atomic mass is 16.5. The molecule has 0 fully saturated rings. The van der Waals surface area contributed by atoms with E-state index in [0.29, 0.717) is 5.56 Å². The van der Waals surface area contributed by atoms with Crippen molar-refractivity contribution in [1.82, 2.24) is 0 Å². The predicted octanol–water partition coefficient (Wildman–Crippen LogP) is 5.96. The zero-order chi connectivity index (χ0) is 16.5. The molecule has 0 heterocycles. The summed E-state index contributed by atoms with van der Waals surface area (Å²) >= 11 is 0. The van der Waals surface area contributed by atoms with Crippen LogP contribution in [0.2, 0.25) is 0 Å². The Bertz CT molecular complexity index is 622. The molecule has 0 aliphatic carbocycles. The van der Waals surface area contributed by atoms with Crippen LogP contribution in [-0.2, 0) is 0 Å². The van der Waals surface area contributed by atoms with Crippen LogP contribution in [0.3, 0.4) is 0 Å². The van der Waals surface area contributed by atoms with Crippen LogP contribution in [0.4, 0.5) is 0 Å². The van der Waals surface area contributed by atoms with E-state index >= 15 is 0 Å². The number of ether oxygens (including phenoxy) is 1. The van der Waals surface area contributed by atoms with Gasteiger partial charge in [0, 0.05) is 0 Å². The standard InChI is InChI=1S/C21H25NO/c1-3-4-5-6-7-17(2)23-21-14-12-20(13-15-21)19-10-8-18(16-22)9-11-19/h8-15,17H,3-7H2,1-2H3. The second-order valence-electron chi connectivity index (χ2n) is 5.99. The fraction of sp³-hybridized carbons (Fsp3) is 0.381. The van der Waals surface area contributed by atoms with Gasteiger partial charge in [0.05, 0.1) is 17.7 Å². The van der Waals surface area contributed by atoms with Crippen molar-refractivity contribution < 1.29 is 4.74 Å². The highest BCUT2D eigenvalue weighted by Gasteiger charge is 2.05. The Morgan fingerprint density at radius 1 is 0.913 bits per heavy atom. The van der Waals surface area contributed by atoms with Crippen LogP contribution in [0.1, 0.15) is 51.5 Å². The molecule has 2 aromatic carbocycles. The van der Waals surface area contributed by atoms with Gasteiger partial charge >= 0.3 is 0 Å². The summed E-state index contributed by atoms with van der Waals surface area (Å²) in [5, 5.41) is 8.84. The molecule has 0 N–H and O–H groups in total. The van der Waals surface area contributed by atoms with Crippen LogP contribution in [0.25, 0.3) is 11.1 Å². The SMILES string of the molecule is CCCCCCC(C)Oc1ccc(-c2ccc(C#N)cc2)cc1. The Balaban J connectivity index is 1.90. The zero-order valence-corrected chi connectivity index (χ0v) is 14.1. The minimum absolute atomic E-state index is 0.257. The summed E-state index contributed by atoms with van der Waals surface area (Å²) in [5.41, 5.74) is 2.94. The third kappa shape index (κ3) is 5.45. The minimum atomic E-state index is 0.257. The molecular weight excluding hydrogens is 282 g/mol. The normalized spacial score (nSPS) is 11.7. The van der Waals surface area contributed by atoms with Crippen molar-refractivity contribution in [3.63, 3.8) is 0 Å². The van der Waals surface area contributed by atoms with E-state index in [2.05, 4.69) is 32.0 Å². The maximum absolute atomic E-state index is 8.84. The van der Waals surface area contributed by atoms with Crippen LogP contribution < -0.4 is 4.74 Å². The van der Waals surface area contributed by atoms with Gasteiger partial charge in [-0.3, -0.25) is 0 Å². The van der Waals surface area contributed by atoms with Crippen molar-refractivity contribution in [2.45, 2.75) is 52.1 Å². The lowest BCUT2D eigenvalue weighted by atomic mass is 10.0. The van der Waals surface area contributed by atoms with Gasteiger partial charge in [0.1, 0.15) is 5.75 Å². The monoisotopic (exact) mass is 307 g/mol. The van der Waals surface area contributed by atoms with Gasteiger partial charge in [-0.2, -0.15) is 5.26 Å². The lowest BCUT2D eigenvalue weighted by Crippen LogP contribution is -2.11. The van der Waals surface area contributed by atoms with Gasteiger partial charge in [0.25, 0.3) is 0 Å². The Morgan fingerprint density at radius 2 is 1.52 bits per heavy atom. The van der Waals surface area contributed by atoms with Crippen LogP contribution in [-0.4, -0.2) is 6.10 Å². The van der Waals surface area contributed by atoms with Gasteiger partial charge in [-0.05, 0) is 55.2 Å². The summed E-state index contributed by atoms with van der Waals surface area (Å²) < 4.78 is 5.98. The average molecular weight is 307 g/mol. The summed E-state index contributed by atoms with van der Waals surface area (Å²) in [6.45, 7) is 4.37. The first kappa shape index (κ1) is 17.1. The van der Waals surface area contributed by atoms with Crippen molar-refractivity contribution in [2.24, 2.45) is 0 Å². The van der Waals surface area contributed by atoms with Crippen molar-refractivity contribution in [3.05, 3.63) is 54.1 Å². The molecule has 0 saturated carbocycles. The fourth-order valence-corrected chi connectivity index (χ4v) is 2.61. The van der Waals surface area contributed by atoms with E-state index in [0.717, 1.165) is 23.3 Å². The number of hydrogen-bond acceptors (Lipinski definition) is 2. The van der Waals surface area contributed by atoms with E-state index in [-0.39, 0.29) is 6.10 Å². The molecule has 2 nitrogen and oxygen atoms in total. The zero-order valence-electron chi connectivity index (χ0n) is 14.1. The lowest BCUT2D eigenvalue weighted by Gasteiger charge is -2.15. The van der Waals surface area contributed by atoms with Crippen molar-refractivity contribution in [2.75, 3.05) is 0 Å². The molecular formula is C21H25NO. The molecule has 2 aromatic rings. The highest BCUT2D eigenvalue weighted by Crippen LogP contribution is 2.23. The topological polar surface area (TPSA) is 33.0 Å². The molecule has 0 spiro atoms. The van der Waals surface area contributed by atoms with E-state index in [1.54, 1.807) is 0 Å². The quantitative estimate of drug-likeness (QED) is 0.563. The molecule has 120 valence electrons. The second kappa shape index (κ2) is 9.00. The number of rotatable bonds is 8. The largest absolute Gasteiger partial charge is 0.491 e. The molecule has 0 bridgehead atoms. The van der Waals surface area contributed by atoms with Gasteiger partial charge < -0.3 is 4.74 Å². The van der Waals surface area contributed by atoms with Gasteiger partial charge in [-0.25, -0.2) is 0 Å². The van der Waals surface area contributed by atoms with E-state index < -0.39 is 0 Å². The molecule has 1 unspecified atom stereocenters. The van der Waals surface area contributed by atoms with Crippen molar-refractivity contribution >= 4 is 0 Å². The van der Waals surface area contributed by atoms with Crippen LogP contribution in [0.15, 0.2) is 48.5 Å². The number of nitriles is 1. The first-order valence-electron chi connectivity index (χ1n) is 8.50. The second-order valence-corrected chi connectivity index (χ2v) is 5.99. The molecule has 0 aromatic heterocycles. The number of nitrogens with zero attached hydrogens (tertiary/aromatic N) is 1. The maximum Gasteiger partial charge on any atom is 0.119 e. The molecule has 2 heteroatoms. The summed E-state index contributed by atoms with van der Waals surface area (Å²) in [5.74, 6) is 0.922.